The smallest absolute Gasteiger partial charge is 0.417 e. The predicted octanol–water partition coefficient (Wildman–Crippen LogP) is 4.70. The average molecular weight is 665 g/mol. The molecule has 1 unspecified atom stereocenters. The van der Waals surface area contributed by atoms with Gasteiger partial charge in [-0.15, -0.1) is 4.40 Å². The van der Waals surface area contributed by atoms with Crippen molar-refractivity contribution in [2.75, 3.05) is 25.2 Å². The largest absolute Gasteiger partial charge is 0.444 e. The van der Waals surface area contributed by atoms with E-state index in [1.807, 2.05) is 0 Å². The zero-order chi connectivity index (χ0) is 33.9. The van der Waals surface area contributed by atoms with Crippen LogP contribution in [-0.2, 0) is 36.4 Å². The molecule has 1 atom stereocenters. The summed E-state index contributed by atoms with van der Waals surface area (Å²) in [6.07, 6.45) is -6.69. The average Bonchev–Trinajstić information content (AvgIpc) is 2.86. The Morgan fingerprint density at radius 1 is 1.09 bits per heavy atom. The maximum atomic E-state index is 14.8. The van der Waals surface area contributed by atoms with Crippen molar-refractivity contribution in [3.05, 3.63) is 47.7 Å². The van der Waals surface area contributed by atoms with Crippen LogP contribution in [0.4, 0.5) is 23.7 Å². The van der Waals surface area contributed by atoms with Crippen molar-refractivity contribution in [1.82, 2.24) is 9.88 Å². The van der Waals surface area contributed by atoms with Crippen LogP contribution >= 0.6 is 0 Å². The van der Waals surface area contributed by atoms with Gasteiger partial charge in [0, 0.05) is 20.5 Å². The first-order valence-corrected chi connectivity index (χ1v) is 16.5. The molecule has 0 fully saturated rings. The minimum Gasteiger partial charge on any atom is -0.444 e. The van der Waals surface area contributed by atoms with Crippen molar-refractivity contribution in [2.45, 2.75) is 87.1 Å². The fourth-order valence-corrected chi connectivity index (χ4v) is 6.46. The molecule has 44 heavy (non-hydrogen) atoms. The molecule has 1 aromatic carbocycles. The number of sulfone groups is 1. The Morgan fingerprint density at radius 3 is 2.20 bits per heavy atom. The number of carbonyl (C=O) groups is 1. The first kappa shape index (κ1) is 36.9. The lowest BCUT2D eigenvalue weighted by Crippen LogP contribution is -2.51. The van der Waals surface area contributed by atoms with Gasteiger partial charge in [0.1, 0.15) is 11.9 Å². The number of nitrogens with one attached hydrogen (secondary N) is 1. The summed E-state index contributed by atoms with van der Waals surface area (Å²) in [5, 5.41) is 13.1. The number of nitrogens with zero attached hydrogens (tertiary/aromatic N) is 3. The van der Waals surface area contributed by atoms with Crippen molar-refractivity contribution in [3.8, 4) is 0 Å². The molecule has 0 spiro atoms. The number of hydrogen-bond donors (Lipinski definition) is 2. The zero-order valence-corrected chi connectivity index (χ0v) is 27.5. The standard InChI is InChI=1S/C28H39F3N4O7S2/c1-9-43(38,39)23-14-19(21(16-32-23)34-24(36)42-25(2,3)4)15-27(37,28(29,30)31)17-26(5,6)20-12-10-11-13-22(20)44(40,41)33-18-35(7)8/h10-14,16,18,37H,9,15,17H2,1-8H3,(H,34,36)/b33-18+. The Balaban J connectivity index is 2.70. The Kier molecular flexibility index (Phi) is 10.9. The first-order valence-electron chi connectivity index (χ1n) is 13.4. The Morgan fingerprint density at radius 2 is 1.68 bits per heavy atom. The number of halogens is 3. The number of rotatable bonds is 11. The second kappa shape index (κ2) is 13.0. The van der Waals surface area contributed by atoms with Crippen LogP contribution < -0.4 is 5.32 Å². The van der Waals surface area contributed by atoms with Crippen molar-refractivity contribution < 1.29 is 44.6 Å². The second-order valence-electron chi connectivity index (χ2n) is 12.1. The lowest BCUT2D eigenvalue weighted by atomic mass is 9.73. The number of anilines is 1. The number of benzene rings is 1. The molecule has 0 aliphatic carbocycles. The van der Waals surface area contributed by atoms with E-state index in [0.717, 1.165) is 18.6 Å². The van der Waals surface area contributed by atoms with Gasteiger partial charge in [0.25, 0.3) is 10.0 Å². The normalized spacial score (nSPS) is 14.7. The van der Waals surface area contributed by atoms with Gasteiger partial charge in [0.2, 0.25) is 0 Å². The van der Waals surface area contributed by atoms with Gasteiger partial charge in [-0.05, 0) is 55.9 Å². The van der Waals surface area contributed by atoms with Gasteiger partial charge in [-0.3, -0.25) is 5.32 Å². The van der Waals surface area contributed by atoms with Gasteiger partial charge in [-0.1, -0.05) is 39.0 Å². The second-order valence-corrected chi connectivity index (χ2v) is 16.0. The Labute approximate surface area is 256 Å². The van der Waals surface area contributed by atoms with Crippen LogP contribution in [0.3, 0.4) is 0 Å². The lowest BCUT2D eigenvalue weighted by molar-refractivity contribution is -0.266. The molecule has 2 rings (SSSR count). The molecule has 0 aliphatic heterocycles. The number of alkyl halides is 3. The number of sulfonamides is 1. The molecule has 246 valence electrons. The van der Waals surface area contributed by atoms with E-state index in [1.54, 1.807) is 34.9 Å². The van der Waals surface area contributed by atoms with Crippen molar-refractivity contribution in [3.63, 3.8) is 0 Å². The maximum Gasteiger partial charge on any atom is 0.417 e. The first-order chi connectivity index (χ1) is 19.8. The van der Waals surface area contributed by atoms with Crippen LogP contribution in [-0.4, -0.2) is 81.5 Å². The highest BCUT2D eigenvalue weighted by Crippen LogP contribution is 2.45. The molecule has 0 radical (unpaired) electrons. The van der Waals surface area contributed by atoms with E-state index in [1.165, 1.54) is 49.9 Å². The van der Waals surface area contributed by atoms with E-state index >= 15 is 0 Å². The Bertz CT molecular complexity index is 1600. The summed E-state index contributed by atoms with van der Waals surface area (Å²) >= 11 is 0. The third kappa shape index (κ3) is 9.38. The summed E-state index contributed by atoms with van der Waals surface area (Å²) in [6, 6.07) is 6.26. The fraction of sp³-hybridized carbons (Fsp3) is 0.536. The van der Waals surface area contributed by atoms with E-state index in [9.17, 15) is 39.9 Å². The molecule has 0 aliphatic rings. The van der Waals surface area contributed by atoms with Crippen LogP contribution in [0.25, 0.3) is 0 Å². The van der Waals surface area contributed by atoms with Crippen molar-refractivity contribution in [2.24, 2.45) is 4.40 Å². The third-order valence-corrected chi connectivity index (χ3v) is 9.26. The third-order valence-electron chi connectivity index (χ3n) is 6.35. The number of ether oxygens (including phenoxy) is 1. The summed E-state index contributed by atoms with van der Waals surface area (Å²) in [5.41, 5.74) is -6.87. The Hall–Kier alpha value is -3.24. The van der Waals surface area contributed by atoms with Crippen LogP contribution in [0.1, 0.15) is 59.1 Å². The van der Waals surface area contributed by atoms with E-state index in [-0.39, 0.29) is 21.7 Å². The lowest BCUT2D eigenvalue weighted by Gasteiger charge is -2.39. The van der Waals surface area contributed by atoms with E-state index in [2.05, 4.69) is 14.7 Å². The number of aliphatic hydroxyl groups is 1. The van der Waals surface area contributed by atoms with Gasteiger partial charge in [0.15, 0.2) is 20.5 Å². The monoisotopic (exact) mass is 664 g/mol. The van der Waals surface area contributed by atoms with Crippen LogP contribution in [0, 0.1) is 0 Å². The van der Waals surface area contributed by atoms with Gasteiger partial charge in [0.05, 0.1) is 22.5 Å². The molecule has 0 bridgehead atoms. The van der Waals surface area contributed by atoms with Crippen LogP contribution in [0.5, 0.6) is 0 Å². The summed E-state index contributed by atoms with van der Waals surface area (Å²) in [5.74, 6) is -0.406. The van der Waals surface area contributed by atoms with E-state index in [4.69, 9.17) is 4.74 Å². The molecule has 16 heteroatoms. The topological polar surface area (TPSA) is 155 Å². The minimum absolute atomic E-state index is 0.0327. The number of aromatic nitrogens is 1. The number of pyridine rings is 1. The minimum atomic E-state index is -5.29. The van der Waals surface area contributed by atoms with E-state index in [0.29, 0.717) is 0 Å². The highest BCUT2D eigenvalue weighted by Gasteiger charge is 2.56. The molecular formula is C28H39F3N4O7S2. The summed E-state index contributed by atoms with van der Waals surface area (Å²) < 4.78 is 104. The van der Waals surface area contributed by atoms with Crippen molar-refractivity contribution >= 4 is 38.0 Å². The molecule has 2 aromatic rings. The SMILES string of the molecule is CCS(=O)(=O)c1cc(CC(O)(CC(C)(C)c2ccccc2S(=O)(=O)/N=C/N(C)C)C(F)(F)F)c(NC(=O)OC(C)(C)C)cn1. The highest BCUT2D eigenvalue weighted by atomic mass is 32.2. The summed E-state index contributed by atoms with van der Waals surface area (Å²) in [4.78, 5) is 17.3. The molecule has 0 saturated heterocycles. The van der Waals surface area contributed by atoms with Gasteiger partial charge >= 0.3 is 12.3 Å². The van der Waals surface area contributed by atoms with Crippen molar-refractivity contribution in [1.29, 1.82) is 0 Å². The fourth-order valence-electron chi connectivity index (χ4n) is 4.33. The summed E-state index contributed by atoms with van der Waals surface area (Å²) in [6.45, 7) is 8.71. The van der Waals surface area contributed by atoms with Crippen LogP contribution in [0.15, 0.2) is 50.8 Å². The van der Waals surface area contributed by atoms with Gasteiger partial charge in [-0.2, -0.15) is 21.6 Å². The van der Waals surface area contributed by atoms with Gasteiger partial charge in [-0.25, -0.2) is 18.2 Å². The summed E-state index contributed by atoms with van der Waals surface area (Å²) in [7, 11) is -5.27. The van der Waals surface area contributed by atoms with Crippen LogP contribution in [0.2, 0.25) is 0 Å². The highest BCUT2D eigenvalue weighted by molar-refractivity contribution is 7.91. The molecule has 1 aromatic heterocycles. The molecule has 1 heterocycles. The molecule has 1 amide bonds. The molecule has 11 nitrogen and oxygen atoms in total. The number of hydrogen-bond acceptors (Lipinski definition) is 8. The predicted molar refractivity (Wildman–Crippen MR) is 160 cm³/mol. The van der Waals surface area contributed by atoms with E-state index < -0.39 is 72.4 Å². The maximum absolute atomic E-state index is 14.8. The number of amides is 1. The molecule has 2 N–H and O–H groups in total. The number of carbonyl (C=O) groups excluding carboxylic acids is 1. The quantitative estimate of drug-likeness (QED) is 0.257. The molecular weight excluding hydrogens is 625 g/mol. The van der Waals surface area contributed by atoms with Gasteiger partial charge < -0.3 is 14.7 Å². The molecule has 0 saturated carbocycles. The zero-order valence-electron chi connectivity index (χ0n) is 25.9.